The highest BCUT2D eigenvalue weighted by Gasteiger charge is 2.13. The number of hydrogen-bond acceptors (Lipinski definition) is 5. The summed E-state index contributed by atoms with van der Waals surface area (Å²) in [7, 11) is 0. The van der Waals surface area contributed by atoms with Crippen LogP contribution in [-0.2, 0) is 0 Å². The monoisotopic (exact) mass is 303 g/mol. The van der Waals surface area contributed by atoms with Crippen LogP contribution in [0.4, 0.5) is 0 Å². The molecule has 1 aromatic heterocycles. The van der Waals surface area contributed by atoms with Crippen LogP contribution in [0.3, 0.4) is 0 Å². The van der Waals surface area contributed by atoms with Crippen molar-refractivity contribution in [2.24, 2.45) is 5.73 Å². The summed E-state index contributed by atoms with van der Waals surface area (Å²) in [6.07, 6.45) is 0. The quantitative estimate of drug-likeness (QED) is 0.655. The highest BCUT2D eigenvalue weighted by Crippen LogP contribution is 2.27. The van der Waals surface area contributed by atoms with Crippen LogP contribution in [0.5, 0.6) is 5.75 Å². The number of aryl methyl sites for hydroxylation is 2. The van der Waals surface area contributed by atoms with Crippen molar-refractivity contribution in [2.45, 2.75) is 32.0 Å². The summed E-state index contributed by atoms with van der Waals surface area (Å²) in [5.41, 5.74) is 9.28. The number of nitrogens with two attached hydrogens (primary N) is 1. The molecule has 0 saturated carbocycles. The number of thioether (sulfide) groups is 1. The van der Waals surface area contributed by atoms with Crippen molar-refractivity contribution in [3.63, 3.8) is 0 Å². The minimum absolute atomic E-state index is 0.109. The fourth-order valence-corrected chi connectivity index (χ4v) is 3.01. The molecule has 2 N–H and O–H groups in total. The molecule has 0 amide bonds. The second-order valence-corrected chi connectivity index (χ2v) is 5.81. The molecule has 0 aliphatic carbocycles. The molecule has 1 atom stereocenters. The maximum absolute atomic E-state index is 6.29. The standard InChI is InChI=1S/C16H21N3OS/c1-4-20-15-8-6-5-7-13(15)14(17)10-21-16-18-11(2)9-12(3)19-16/h5-9,14H,4,10,17H2,1-3H3. The first kappa shape index (κ1) is 15.8. The van der Waals surface area contributed by atoms with Crippen molar-refractivity contribution in [2.75, 3.05) is 12.4 Å². The number of ether oxygens (including phenoxy) is 1. The Kier molecular flexibility index (Phi) is 5.59. The Labute approximate surface area is 130 Å². The Morgan fingerprint density at radius 1 is 1.19 bits per heavy atom. The van der Waals surface area contributed by atoms with Gasteiger partial charge in [-0.25, -0.2) is 9.97 Å². The molecular weight excluding hydrogens is 282 g/mol. The summed E-state index contributed by atoms with van der Waals surface area (Å²) in [4.78, 5) is 8.85. The van der Waals surface area contributed by atoms with Crippen LogP contribution in [0.15, 0.2) is 35.5 Å². The van der Waals surface area contributed by atoms with Crippen LogP contribution in [0, 0.1) is 13.8 Å². The molecular formula is C16H21N3OS. The second-order valence-electron chi connectivity index (χ2n) is 4.82. The van der Waals surface area contributed by atoms with Gasteiger partial charge in [-0.05, 0) is 32.9 Å². The maximum atomic E-state index is 6.29. The lowest BCUT2D eigenvalue weighted by Gasteiger charge is -2.16. The van der Waals surface area contributed by atoms with E-state index in [1.807, 2.05) is 51.1 Å². The zero-order valence-electron chi connectivity index (χ0n) is 12.7. The molecule has 0 bridgehead atoms. The van der Waals surface area contributed by atoms with E-state index >= 15 is 0 Å². The molecule has 4 nitrogen and oxygen atoms in total. The molecule has 112 valence electrons. The van der Waals surface area contributed by atoms with Crippen molar-refractivity contribution in [1.29, 1.82) is 0 Å². The smallest absolute Gasteiger partial charge is 0.188 e. The van der Waals surface area contributed by atoms with Gasteiger partial charge in [0.1, 0.15) is 5.75 Å². The molecule has 1 aromatic carbocycles. The minimum atomic E-state index is -0.109. The van der Waals surface area contributed by atoms with E-state index in [1.54, 1.807) is 11.8 Å². The van der Waals surface area contributed by atoms with Gasteiger partial charge in [-0.3, -0.25) is 0 Å². The first-order valence-corrected chi connectivity index (χ1v) is 8.01. The van der Waals surface area contributed by atoms with E-state index in [0.717, 1.165) is 27.9 Å². The van der Waals surface area contributed by atoms with Crippen LogP contribution < -0.4 is 10.5 Å². The number of rotatable bonds is 6. The van der Waals surface area contributed by atoms with E-state index in [9.17, 15) is 0 Å². The van der Waals surface area contributed by atoms with Gasteiger partial charge in [-0.2, -0.15) is 0 Å². The second kappa shape index (κ2) is 7.43. The lowest BCUT2D eigenvalue weighted by atomic mass is 10.1. The number of aromatic nitrogens is 2. The van der Waals surface area contributed by atoms with Gasteiger partial charge in [0.25, 0.3) is 0 Å². The molecule has 5 heteroatoms. The SMILES string of the molecule is CCOc1ccccc1C(N)CSc1nc(C)cc(C)n1. The van der Waals surface area contributed by atoms with Gasteiger partial charge in [-0.15, -0.1) is 0 Å². The first-order valence-electron chi connectivity index (χ1n) is 7.02. The Balaban J connectivity index is 2.06. The summed E-state index contributed by atoms with van der Waals surface area (Å²) in [5.74, 6) is 1.57. The summed E-state index contributed by atoms with van der Waals surface area (Å²) >= 11 is 1.58. The van der Waals surface area contributed by atoms with Crippen molar-refractivity contribution in [3.8, 4) is 5.75 Å². The molecule has 2 rings (SSSR count). The first-order chi connectivity index (χ1) is 10.1. The van der Waals surface area contributed by atoms with Crippen LogP contribution in [0.25, 0.3) is 0 Å². The van der Waals surface area contributed by atoms with E-state index in [2.05, 4.69) is 9.97 Å². The minimum Gasteiger partial charge on any atom is -0.494 e. The molecule has 0 spiro atoms. The van der Waals surface area contributed by atoms with E-state index in [4.69, 9.17) is 10.5 Å². The number of benzene rings is 1. The van der Waals surface area contributed by atoms with E-state index in [1.165, 1.54) is 0 Å². The fourth-order valence-electron chi connectivity index (χ4n) is 2.09. The maximum Gasteiger partial charge on any atom is 0.188 e. The van der Waals surface area contributed by atoms with Gasteiger partial charge in [0, 0.05) is 28.7 Å². The van der Waals surface area contributed by atoms with Crippen molar-refractivity contribution in [1.82, 2.24) is 9.97 Å². The molecule has 0 aliphatic heterocycles. The third kappa shape index (κ3) is 4.44. The number of nitrogens with zero attached hydrogens (tertiary/aromatic N) is 2. The summed E-state index contributed by atoms with van der Waals surface area (Å²) in [6, 6.07) is 9.77. The van der Waals surface area contributed by atoms with E-state index in [0.29, 0.717) is 12.4 Å². The lowest BCUT2D eigenvalue weighted by Crippen LogP contribution is -2.15. The van der Waals surface area contributed by atoms with Crippen molar-refractivity contribution in [3.05, 3.63) is 47.3 Å². The predicted octanol–water partition coefficient (Wildman–Crippen LogP) is 3.28. The number of hydrogen-bond donors (Lipinski definition) is 1. The molecule has 1 unspecified atom stereocenters. The van der Waals surface area contributed by atoms with Crippen LogP contribution in [0.2, 0.25) is 0 Å². The average molecular weight is 303 g/mol. The number of para-hydroxylation sites is 1. The normalized spacial score (nSPS) is 12.2. The van der Waals surface area contributed by atoms with Gasteiger partial charge >= 0.3 is 0 Å². The van der Waals surface area contributed by atoms with Crippen LogP contribution >= 0.6 is 11.8 Å². The Morgan fingerprint density at radius 2 is 1.86 bits per heavy atom. The Hall–Kier alpha value is -1.59. The molecule has 1 heterocycles. The zero-order chi connectivity index (χ0) is 15.2. The lowest BCUT2D eigenvalue weighted by molar-refractivity contribution is 0.335. The van der Waals surface area contributed by atoms with E-state index in [-0.39, 0.29) is 6.04 Å². The molecule has 0 fully saturated rings. The van der Waals surface area contributed by atoms with Gasteiger partial charge in [0.15, 0.2) is 5.16 Å². The Bertz CT molecular complexity index is 584. The third-order valence-electron chi connectivity index (χ3n) is 2.97. The fraction of sp³-hybridized carbons (Fsp3) is 0.375. The van der Waals surface area contributed by atoms with Gasteiger partial charge in [0.2, 0.25) is 0 Å². The highest BCUT2D eigenvalue weighted by atomic mass is 32.2. The van der Waals surface area contributed by atoms with Gasteiger partial charge in [0.05, 0.1) is 6.61 Å². The highest BCUT2D eigenvalue weighted by molar-refractivity contribution is 7.99. The summed E-state index contributed by atoms with van der Waals surface area (Å²) in [6.45, 7) is 6.56. The van der Waals surface area contributed by atoms with Gasteiger partial charge < -0.3 is 10.5 Å². The van der Waals surface area contributed by atoms with Crippen LogP contribution in [-0.4, -0.2) is 22.3 Å². The predicted molar refractivity (Wildman–Crippen MR) is 86.8 cm³/mol. The molecule has 0 saturated heterocycles. The molecule has 0 radical (unpaired) electrons. The van der Waals surface area contributed by atoms with Crippen LogP contribution in [0.1, 0.15) is 29.9 Å². The topological polar surface area (TPSA) is 61.0 Å². The molecule has 21 heavy (non-hydrogen) atoms. The molecule has 0 aliphatic rings. The average Bonchev–Trinajstić information content (AvgIpc) is 2.45. The van der Waals surface area contributed by atoms with Gasteiger partial charge in [-0.1, -0.05) is 30.0 Å². The zero-order valence-corrected chi connectivity index (χ0v) is 13.5. The van der Waals surface area contributed by atoms with E-state index < -0.39 is 0 Å². The molecule has 2 aromatic rings. The summed E-state index contributed by atoms with van der Waals surface area (Å²) < 4.78 is 5.63. The third-order valence-corrected chi connectivity index (χ3v) is 3.94. The Morgan fingerprint density at radius 3 is 2.52 bits per heavy atom. The largest absolute Gasteiger partial charge is 0.494 e. The summed E-state index contributed by atoms with van der Waals surface area (Å²) in [5, 5.41) is 0.775. The van der Waals surface area contributed by atoms with Crippen molar-refractivity contribution >= 4 is 11.8 Å². The van der Waals surface area contributed by atoms with Crippen molar-refractivity contribution < 1.29 is 4.74 Å².